The van der Waals surface area contributed by atoms with Crippen molar-refractivity contribution < 1.29 is 4.79 Å². The highest BCUT2D eigenvalue weighted by atomic mass is 32.1. The number of aromatic nitrogens is 1. The van der Waals surface area contributed by atoms with E-state index in [9.17, 15) is 4.79 Å². The highest BCUT2D eigenvalue weighted by Gasteiger charge is 2.29. The largest absolute Gasteiger partial charge is 0.333 e. The molecule has 1 aromatic carbocycles. The van der Waals surface area contributed by atoms with E-state index < -0.39 is 0 Å². The van der Waals surface area contributed by atoms with Crippen molar-refractivity contribution in [1.29, 1.82) is 0 Å². The Morgan fingerprint density at radius 1 is 1.22 bits per heavy atom. The van der Waals surface area contributed by atoms with E-state index in [1.807, 2.05) is 40.6 Å². The minimum atomic E-state index is 0.0772. The van der Waals surface area contributed by atoms with E-state index in [1.165, 1.54) is 24.8 Å². The van der Waals surface area contributed by atoms with Crippen LogP contribution < -0.4 is 0 Å². The molecule has 0 spiro atoms. The van der Waals surface area contributed by atoms with Crippen LogP contribution in [0, 0.1) is 5.92 Å². The zero-order valence-electron chi connectivity index (χ0n) is 13.1. The van der Waals surface area contributed by atoms with E-state index in [1.54, 1.807) is 11.3 Å². The number of fused-ring (bicyclic) bond motifs is 1. The maximum absolute atomic E-state index is 12.8. The van der Waals surface area contributed by atoms with Gasteiger partial charge >= 0.3 is 0 Å². The molecule has 4 rings (SSSR count). The van der Waals surface area contributed by atoms with Crippen LogP contribution in [0.2, 0.25) is 0 Å². The maximum atomic E-state index is 12.8. The van der Waals surface area contributed by atoms with E-state index in [-0.39, 0.29) is 5.91 Å². The molecule has 4 heteroatoms. The van der Waals surface area contributed by atoms with Crippen LogP contribution in [0.4, 0.5) is 0 Å². The van der Waals surface area contributed by atoms with Gasteiger partial charge in [-0.2, -0.15) is 0 Å². The standard InChI is InChI=1S/C19H20N2OS/c22-19(21-11-10-14-6-4-5-9-16(14)12-21)17-13-23-18(20-17)15-7-2-1-3-8-15/h1-3,7-9,13-14H,4-6,10-12H2. The maximum Gasteiger partial charge on any atom is 0.273 e. The summed E-state index contributed by atoms with van der Waals surface area (Å²) in [5.74, 6) is 0.788. The van der Waals surface area contributed by atoms with E-state index >= 15 is 0 Å². The molecule has 1 aliphatic carbocycles. The third-order valence-corrected chi connectivity index (χ3v) is 5.73. The Bertz CT molecular complexity index is 735. The fourth-order valence-corrected chi connectivity index (χ4v) is 4.36. The molecule has 1 fully saturated rings. The van der Waals surface area contributed by atoms with Gasteiger partial charge in [-0.05, 0) is 31.6 Å². The second-order valence-electron chi connectivity index (χ2n) is 6.33. The summed E-state index contributed by atoms with van der Waals surface area (Å²) in [6.07, 6.45) is 7.22. The van der Waals surface area contributed by atoms with Crippen LogP contribution in [0.5, 0.6) is 0 Å². The number of thiazole rings is 1. The summed E-state index contributed by atoms with van der Waals surface area (Å²) < 4.78 is 0. The average molecular weight is 324 g/mol. The molecule has 0 bridgehead atoms. The Labute approximate surface area is 140 Å². The van der Waals surface area contributed by atoms with Crippen molar-refractivity contribution in [2.45, 2.75) is 25.7 Å². The van der Waals surface area contributed by atoms with Gasteiger partial charge in [-0.1, -0.05) is 42.0 Å². The van der Waals surface area contributed by atoms with Crippen molar-refractivity contribution in [3.05, 3.63) is 53.1 Å². The van der Waals surface area contributed by atoms with Crippen LogP contribution >= 0.6 is 11.3 Å². The predicted octanol–water partition coefficient (Wildman–Crippen LogP) is 4.38. The molecule has 1 amide bonds. The molecule has 1 saturated heterocycles. The molecule has 1 unspecified atom stereocenters. The number of piperidine rings is 1. The Balaban J connectivity index is 1.51. The predicted molar refractivity (Wildman–Crippen MR) is 93.5 cm³/mol. The second-order valence-corrected chi connectivity index (χ2v) is 7.18. The van der Waals surface area contributed by atoms with Crippen molar-refractivity contribution in [3.8, 4) is 10.6 Å². The molecule has 2 aromatic rings. The second kappa shape index (κ2) is 6.28. The van der Waals surface area contributed by atoms with Crippen molar-refractivity contribution in [3.63, 3.8) is 0 Å². The number of hydrogen-bond donors (Lipinski definition) is 0. The first-order valence-electron chi connectivity index (χ1n) is 8.30. The number of allylic oxidation sites excluding steroid dienone is 1. The molecule has 2 heterocycles. The van der Waals surface area contributed by atoms with Crippen molar-refractivity contribution in [2.24, 2.45) is 5.92 Å². The molecule has 2 aliphatic rings. The summed E-state index contributed by atoms with van der Waals surface area (Å²) in [7, 11) is 0. The van der Waals surface area contributed by atoms with E-state index in [4.69, 9.17) is 0 Å². The lowest BCUT2D eigenvalue weighted by molar-refractivity contribution is 0.0725. The lowest BCUT2D eigenvalue weighted by atomic mass is 9.82. The highest BCUT2D eigenvalue weighted by Crippen LogP contribution is 2.32. The monoisotopic (exact) mass is 324 g/mol. The van der Waals surface area contributed by atoms with Crippen molar-refractivity contribution >= 4 is 17.2 Å². The molecule has 1 atom stereocenters. The first-order valence-corrected chi connectivity index (χ1v) is 9.18. The van der Waals surface area contributed by atoms with Gasteiger partial charge in [0.25, 0.3) is 5.91 Å². The Morgan fingerprint density at radius 3 is 2.96 bits per heavy atom. The highest BCUT2D eigenvalue weighted by molar-refractivity contribution is 7.13. The number of hydrogen-bond acceptors (Lipinski definition) is 3. The van der Waals surface area contributed by atoms with Gasteiger partial charge in [0, 0.05) is 24.0 Å². The zero-order chi connectivity index (χ0) is 15.6. The van der Waals surface area contributed by atoms with Gasteiger partial charge in [0.2, 0.25) is 0 Å². The van der Waals surface area contributed by atoms with E-state index in [0.717, 1.165) is 30.1 Å². The number of nitrogens with zero attached hydrogens (tertiary/aromatic N) is 2. The van der Waals surface area contributed by atoms with Crippen LogP contribution in [0.25, 0.3) is 10.6 Å². The molecular weight excluding hydrogens is 304 g/mol. The number of benzene rings is 1. The lowest BCUT2D eigenvalue weighted by Gasteiger charge is -2.36. The number of carbonyl (C=O) groups is 1. The minimum absolute atomic E-state index is 0.0772. The lowest BCUT2D eigenvalue weighted by Crippen LogP contribution is -2.40. The van der Waals surface area contributed by atoms with E-state index in [0.29, 0.717) is 11.6 Å². The molecule has 23 heavy (non-hydrogen) atoms. The smallest absolute Gasteiger partial charge is 0.273 e. The number of rotatable bonds is 2. The first kappa shape index (κ1) is 14.6. The molecule has 0 radical (unpaired) electrons. The van der Waals surface area contributed by atoms with Gasteiger partial charge in [-0.3, -0.25) is 4.79 Å². The molecular formula is C19H20N2OS. The summed E-state index contributed by atoms with van der Waals surface area (Å²) >= 11 is 1.54. The molecule has 1 aliphatic heterocycles. The third-order valence-electron chi connectivity index (χ3n) is 4.84. The molecule has 1 aromatic heterocycles. The quantitative estimate of drug-likeness (QED) is 0.768. The minimum Gasteiger partial charge on any atom is -0.333 e. The first-order chi connectivity index (χ1) is 11.3. The van der Waals surface area contributed by atoms with Gasteiger partial charge in [0.15, 0.2) is 0 Å². The van der Waals surface area contributed by atoms with Gasteiger partial charge in [-0.25, -0.2) is 4.98 Å². The Hall–Kier alpha value is -1.94. The summed E-state index contributed by atoms with van der Waals surface area (Å²) in [4.78, 5) is 19.3. The summed E-state index contributed by atoms with van der Waals surface area (Å²) in [6.45, 7) is 1.65. The molecule has 0 saturated carbocycles. The van der Waals surface area contributed by atoms with Crippen molar-refractivity contribution in [1.82, 2.24) is 9.88 Å². The van der Waals surface area contributed by atoms with E-state index in [2.05, 4.69) is 11.1 Å². The normalized spacial score (nSPS) is 20.8. The van der Waals surface area contributed by atoms with Crippen LogP contribution in [-0.2, 0) is 0 Å². The number of amides is 1. The summed E-state index contributed by atoms with van der Waals surface area (Å²) in [5, 5.41) is 2.81. The molecule has 0 N–H and O–H groups in total. The van der Waals surface area contributed by atoms with Gasteiger partial charge in [0.05, 0.1) is 0 Å². The van der Waals surface area contributed by atoms with Gasteiger partial charge < -0.3 is 4.90 Å². The third kappa shape index (κ3) is 2.95. The SMILES string of the molecule is O=C(c1csc(-c2ccccc2)n1)N1CCC2CCCC=C2C1. The van der Waals surface area contributed by atoms with Crippen molar-refractivity contribution in [2.75, 3.05) is 13.1 Å². The fourth-order valence-electron chi connectivity index (χ4n) is 3.56. The van der Waals surface area contributed by atoms with Crippen LogP contribution in [0.15, 0.2) is 47.4 Å². The van der Waals surface area contributed by atoms with Crippen LogP contribution in [-0.4, -0.2) is 28.9 Å². The zero-order valence-corrected chi connectivity index (χ0v) is 13.9. The number of carbonyl (C=O) groups excluding carboxylic acids is 1. The topological polar surface area (TPSA) is 33.2 Å². The van der Waals surface area contributed by atoms with Gasteiger partial charge in [-0.15, -0.1) is 11.3 Å². The Kier molecular flexibility index (Phi) is 4.00. The average Bonchev–Trinajstić information content (AvgIpc) is 3.11. The Morgan fingerprint density at radius 2 is 2.09 bits per heavy atom. The molecule has 118 valence electrons. The van der Waals surface area contributed by atoms with Crippen LogP contribution in [0.1, 0.15) is 36.2 Å². The van der Waals surface area contributed by atoms with Crippen LogP contribution in [0.3, 0.4) is 0 Å². The fraction of sp³-hybridized carbons (Fsp3) is 0.368. The molecule has 3 nitrogen and oxygen atoms in total. The summed E-state index contributed by atoms with van der Waals surface area (Å²) in [6, 6.07) is 10.1. The number of likely N-dealkylation sites (tertiary alicyclic amines) is 1. The van der Waals surface area contributed by atoms with Gasteiger partial charge in [0.1, 0.15) is 10.7 Å². The summed E-state index contributed by atoms with van der Waals surface area (Å²) in [5.41, 5.74) is 3.13.